The number of hydrogen-bond donors (Lipinski definition) is 2. The van der Waals surface area contributed by atoms with Crippen LogP contribution in [0.2, 0.25) is 0 Å². The van der Waals surface area contributed by atoms with Crippen LogP contribution in [0.25, 0.3) is 0 Å². The summed E-state index contributed by atoms with van der Waals surface area (Å²) >= 11 is 1.56. The molecule has 2 aromatic rings. The molecule has 1 aromatic carbocycles. The molecule has 15 heavy (non-hydrogen) atoms. The number of anilines is 2. The second-order valence-corrected chi connectivity index (χ2v) is 3.77. The lowest BCUT2D eigenvalue weighted by molar-refractivity contribution is 0.0698. The van der Waals surface area contributed by atoms with Gasteiger partial charge in [-0.05, 0) is 23.6 Å². The molecule has 0 aliphatic rings. The molecule has 1 aromatic heterocycles. The Morgan fingerprint density at radius 3 is 2.73 bits per heavy atom. The highest BCUT2D eigenvalue weighted by atomic mass is 32.1. The normalized spacial score (nSPS) is 9.87. The molecule has 76 valence electrons. The molecule has 4 heteroatoms. The summed E-state index contributed by atoms with van der Waals surface area (Å²) in [4.78, 5) is 10.9. The molecule has 0 radical (unpaired) electrons. The summed E-state index contributed by atoms with van der Waals surface area (Å²) in [6, 6.07) is 8.75. The number of carboxylic acid groups (broad SMARTS) is 1. The highest BCUT2D eigenvalue weighted by molar-refractivity contribution is 7.08. The number of thiophene rings is 1. The molecular weight excluding hydrogens is 210 g/mol. The molecule has 0 spiro atoms. The molecule has 2 N–H and O–H groups in total. The SMILES string of the molecule is O=C(O)c1ccccc1Nc1ccsc1. The topological polar surface area (TPSA) is 49.3 Å². The minimum Gasteiger partial charge on any atom is -0.478 e. The number of carboxylic acids is 1. The van der Waals surface area contributed by atoms with Crippen molar-refractivity contribution < 1.29 is 9.90 Å². The fraction of sp³-hybridized carbons (Fsp3) is 0. The zero-order chi connectivity index (χ0) is 10.7. The highest BCUT2D eigenvalue weighted by Crippen LogP contribution is 2.22. The van der Waals surface area contributed by atoms with E-state index < -0.39 is 5.97 Å². The predicted molar refractivity (Wildman–Crippen MR) is 61.0 cm³/mol. The number of nitrogens with one attached hydrogen (secondary N) is 1. The van der Waals surface area contributed by atoms with Gasteiger partial charge < -0.3 is 10.4 Å². The largest absolute Gasteiger partial charge is 0.478 e. The van der Waals surface area contributed by atoms with Crippen molar-refractivity contribution in [3.05, 3.63) is 46.7 Å². The third-order valence-corrected chi connectivity index (χ3v) is 2.64. The van der Waals surface area contributed by atoms with Crippen LogP contribution >= 0.6 is 11.3 Å². The first-order valence-corrected chi connectivity index (χ1v) is 5.33. The summed E-state index contributed by atoms with van der Waals surface area (Å²) in [6.07, 6.45) is 0. The van der Waals surface area contributed by atoms with Crippen molar-refractivity contribution in [3.8, 4) is 0 Å². The summed E-state index contributed by atoms with van der Waals surface area (Å²) in [6.45, 7) is 0. The first-order valence-electron chi connectivity index (χ1n) is 4.39. The predicted octanol–water partition coefficient (Wildman–Crippen LogP) is 3.19. The minimum atomic E-state index is -0.923. The fourth-order valence-corrected chi connectivity index (χ4v) is 1.86. The summed E-state index contributed by atoms with van der Waals surface area (Å²) in [5.41, 5.74) is 1.81. The maximum Gasteiger partial charge on any atom is 0.337 e. The van der Waals surface area contributed by atoms with Crippen LogP contribution in [0.1, 0.15) is 10.4 Å². The van der Waals surface area contributed by atoms with E-state index in [1.54, 1.807) is 35.6 Å². The van der Waals surface area contributed by atoms with E-state index in [1.165, 1.54) is 0 Å². The van der Waals surface area contributed by atoms with Gasteiger partial charge in [0, 0.05) is 11.1 Å². The Bertz CT molecular complexity index is 465. The van der Waals surface area contributed by atoms with Gasteiger partial charge in [-0.2, -0.15) is 11.3 Å². The van der Waals surface area contributed by atoms with Crippen LogP contribution in [0, 0.1) is 0 Å². The minimum absolute atomic E-state index is 0.281. The van der Waals surface area contributed by atoms with Crippen LogP contribution in [-0.4, -0.2) is 11.1 Å². The van der Waals surface area contributed by atoms with Crippen LogP contribution in [0.4, 0.5) is 11.4 Å². The van der Waals surface area contributed by atoms with Crippen LogP contribution in [0.5, 0.6) is 0 Å². The van der Waals surface area contributed by atoms with Gasteiger partial charge in [0.25, 0.3) is 0 Å². The van der Waals surface area contributed by atoms with Gasteiger partial charge in [-0.3, -0.25) is 0 Å². The molecule has 1 heterocycles. The van der Waals surface area contributed by atoms with Gasteiger partial charge in [0.2, 0.25) is 0 Å². The van der Waals surface area contributed by atoms with Crippen molar-refractivity contribution in [2.24, 2.45) is 0 Å². The number of benzene rings is 1. The van der Waals surface area contributed by atoms with Gasteiger partial charge in [-0.25, -0.2) is 4.79 Å². The van der Waals surface area contributed by atoms with Crippen molar-refractivity contribution in [1.82, 2.24) is 0 Å². The van der Waals surface area contributed by atoms with Crippen molar-refractivity contribution in [3.63, 3.8) is 0 Å². The molecule has 0 bridgehead atoms. The monoisotopic (exact) mass is 219 g/mol. The standard InChI is InChI=1S/C11H9NO2S/c13-11(14)9-3-1-2-4-10(9)12-8-5-6-15-7-8/h1-7,12H,(H,13,14). The van der Waals surface area contributed by atoms with Crippen molar-refractivity contribution in [1.29, 1.82) is 0 Å². The molecule has 0 unspecified atom stereocenters. The van der Waals surface area contributed by atoms with E-state index in [2.05, 4.69) is 5.32 Å². The van der Waals surface area contributed by atoms with Gasteiger partial charge >= 0.3 is 5.97 Å². The van der Waals surface area contributed by atoms with Crippen molar-refractivity contribution >= 4 is 28.7 Å². The average molecular weight is 219 g/mol. The molecule has 0 saturated carbocycles. The summed E-state index contributed by atoms with van der Waals surface area (Å²) in [5.74, 6) is -0.923. The Labute approximate surface area is 91.0 Å². The van der Waals surface area contributed by atoms with Gasteiger partial charge in [-0.1, -0.05) is 12.1 Å². The van der Waals surface area contributed by atoms with Gasteiger partial charge in [0.05, 0.1) is 11.3 Å². The van der Waals surface area contributed by atoms with Gasteiger partial charge in [0.15, 0.2) is 0 Å². The van der Waals surface area contributed by atoms with Crippen molar-refractivity contribution in [2.75, 3.05) is 5.32 Å². The Balaban J connectivity index is 2.32. The molecule has 0 aliphatic carbocycles. The molecule has 0 saturated heterocycles. The van der Waals surface area contributed by atoms with E-state index >= 15 is 0 Å². The molecule has 0 fully saturated rings. The van der Waals surface area contributed by atoms with E-state index in [4.69, 9.17) is 5.11 Å². The van der Waals surface area contributed by atoms with Crippen LogP contribution in [0.3, 0.4) is 0 Å². The second-order valence-electron chi connectivity index (χ2n) is 2.99. The molecule has 0 aliphatic heterocycles. The average Bonchev–Trinajstić information content (AvgIpc) is 2.71. The Kier molecular flexibility index (Phi) is 2.69. The van der Waals surface area contributed by atoms with Gasteiger partial charge in [0.1, 0.15) is 0 Å². The lowest BCUT2D eigenvalue weighted by Crippen LogP contribution is -2.01. The van der Waals surface area contributed by atoms with Crippen molar-refractivity contribution in [2.45, 2.75) is 0 Å². The lowest BCUT2D eigenvalue weighted by atomic mass is 10.2. The maximum absolute atomic E-state index is 10.9. The first kappa shape index (κ1) is 9.73. The quantitative estimate of drug-likeness (QED) is 0.833. The molecule has 0 amide bonds. The Morgan fingerprint density at radius 1 is 1.27 bits per heavy atom. The van der Waals surface area contributed by atoms with Crippen LogP contribution in [0.15, 0.2) is 41.1 Å². The smallest absolute Gasteiger partial charge is 0.337 e. The molecule has 0 atom stereocenters. The third-order valence-electron chi connectivity index (χ3n) is 1.96. The number of hydrogen-bond acceptors (Lipinski definition) is 3. The number of rotatable bonds is 3. The fourth-order valence-electron chi connectivity index (χ4n) is 1.27. The Morgan fingerprint density at radius 2 is 2.07 bits per heavy atom. The lowest BCUT2D eigenvalue weighted by Gasteiger charge is -2.06. The number of aromatic carboxylic acids is 1. The van der Waals surface area contributed by atoms with Crippen LogP contribution < -0.4 is 5.32 Å². The molecule has 3 nitrogen and oxygen atoms in total. The zero-order valence-electron chi connectivity index (χ0n) is 7.81. The van der Waals surface area contributed by atoms with E-state index in [1.807, 2.05) is 16.8 Å². The number of carbonyl (C=O) groups is 1. The van der Waals surface area contributed by atoms with Gasteiger partial charge in [-0.15, -0.1) is 0 Å². The van der Waals surface area contributed by atoms with E-state index in [9.17, 15) is 4.79 Å². The zero-order valence-corrected chi connectivity index (χ0v) is 8.62. The van der Waals surface area contributed by atoms with E-state index in [0.29, 0.717) is 5.69 Å². The second kappa shape index (κ2) is 4.14. The Hall–Kier alpha value is -1.81. The molecule has 2 rings (SSSR count). The van der Waals surface area contributed by atoms with E-state index in [-0.39, 0.29) is 5.56 Å². The van der Waals surface area contributed by atoms with E-state index in [0.717, 1.165) is 5.69 Å². The summed E-state index contributed by atoms with van der Waals surface area (Å²) in [7, 11) is 0. The highest BCUT2D eigenvalue weighted by Gasteiger charge is 2.08. The molecular formula is C11H9NO2S. The third kappa shape index (κ3) is 2.16. The number of para-hydroxylation sites is 1. The summed E-state index contributed by atoms with van der Waals surface area (Å²) < 4.78 is 0. The van der Waals surface area contributed by atoms with Crippen LogP contribution in [-0.2, 0) is 0 Å². The first-order chi connectivity index (χ1) is 7.27. The maximum atomic E-state index is 10.9. The summed E-state index contributed by atoms with van der Waals surface area (Å²) in [5, 5.41) is 15.9.